The molecule has 11 heteroatoms. The minimum Gasteiger partial charge on any atom is -0.350 e. The number of nitrogens with zero attached hydrogens (tertiary/aromatic N) is 4. The van der Waals surface area contributed by atoms with Crippen LogP contribution in [0.15, 0.2) is 72.8 Å². The number of rotatable bonds is 6. The first-order valence-electron chi connectivity index (χ1n) is 11.8. The zero-order valence-electron chi connectivity index (χ0n) is 20.4. The fourth-order valence-electron chi connectivity index (χ4n) is 4.32. The Morgan fingerprint density at radius 2 is 1.84 bits per heavy atom. The molecule has 0 saturated carbocycles. The molecular weight excluding hydrogens is 515 g/mol. The second-order valence-electron chi connectivity index (χ2n) is 8.85. The molecule has 1 aliphatic rings. The number of hydrogen-bond acceptors (Lipinski definition) is 5. The van der Waals surface area contributed by atoms with E-state index in [2.05, 4.69) is 10.3 Å². The summed E-state index contributed by atoms with van der Waals surface area (Å²) >= 11 is 1.17. The van der Waals surface area contributed by atoms with Crippen molar-refractivity contribution in [1.82, 2.24) is 19.8 Å². The lowest BCUT2D eigenvalue weighted by Crippen LogP contribution is -2.47. The van der Waals surface area contributed by atoms with E-state index in [1.165, 1.54) is 17.8 Å². The first kappa shape index (κ1) is 25.7. The molecule has 2 heterocycles. The van der Waals surface area contributed by atoms with Crippen LogP contribution in [0.1, 0.15) is 15.9 Å². The van der Waals surface area contributed by atoms with Crippen molar-refractivity contribution >= 4 is 39.6 Å². The number of halogens is 3. The molecule has 38 heavy (non-hydrogen) atoms. The van der Waals surface area contributed by atoms with Gasteiger partial charge in [0.1, 0.15) is 5.82 Å². The third-order valence-electron chi connectivity index (χ3n) is 6.32. The first-order valence-corrected chi connectivity index (χ1v) is 12.8. The van der Waals surface area contributed by atoms with Gasteiger partial charge in [-0.2, -0.15) is 13.2 Å². The van der Waals surface area contributed by atoms with Crippen LogP contribution in [0.3, 0.4) is 0 Å². The summed E-state index contributed by atoms with van der Waals surface area (Å²) in [5, 5.41) is 2.77. The van der Waals surface area contributed by atoms with Crippen molar-refractivity contribution in [3.63, 3.8) is 0 Å². The minimum atomic E-state index is -4.44. The van der Waals surface area contributed by atoms with E-state index in [-0.39, 0.29) is 11.1 Å². The quantitative estimate of drug-likeness (QED) is 0.347. The lowest BCUT2D eigenvalue weighted by molar-refractivity contribution is -0.137. The summed E-state index contributed by atoms with van der Waals surface area (Å²) in [5.74, 6) is 0.684. The lowest BCUT2D eigenvalue weighted by atomic mass is 10.1. The van der Waals surface area contributed by atoms with Crippen LogP contribution in [-0.2, 0) is 13.2 Å². The van der Waals surface area contributed by atoms with Crippen molar-refractivity contribution < 1.29 is 22.8 Å². The molecule has 1 aromatic heterocycles. The van der Waals surface area contributed by atoms with Crippen molar-refractivity contribution in [3.05, 3.63) is 83.9 Å². The zero-order valence-corrected chi connectivity index (χ0v) is 21.2. The number of aryl methyl sites for hydroxylation is 1. The molecule has 0 aliphatic carbocycles. The van der Waals surface area contributed by atoms with E-state index in [0.717, 1.165) is 23.3 Å². The van der Waals surface area contributed by atoms with Gasteiger partial charge in [-0.3, -0.25) is 9.59 Å². The molecule has 4 aromatic rings. The Hall–Kier alpha value is -3.99. The fraction of sp³-hybridized carbons (Fsp3) is 0.222. The van der Waals surface area contributed by atoms with E-state index in [1.54, 1.807) is 46.8 Å². The van der Waals surface area contributed by atoms with Gasteiger partial charge in [-0.05, 0) is 54.2 Å². The van der Waals surface area contributed by atoms with E-state index in [0.29, 0.717) is 48.1 Å². The van der Waals surface area contributed by atoms with Gasteiger partial charge in [0.25, 0.3) is 11.1 Å². The van der Waals surface area contributed by atoms with E-state index in [1.807, 2.05) is 29.2 Å². The lowest BCUT2D eigenvalue weighted by Gasteiger charge is -2.36. The molecule has 1 saturated heterocycles. The fourth-order valence-corrected chi connectivity index (χ4v) is 5.15. The van der Waals surface area contributed by atoms with Gasteiger partial charge in [-0.25, -0.2) is 4.98 Å². The number of amides is 2. The van der Waals surface area contributed by atoms with Crippen LogP contribution in [0.5, 0.6) is 0 Å². The highest BCUT2D eigenvalue weighted by atomic mass is 32.2. The van der Waals surface area contributed by atoms with E-state index in [9.17, 15) is 22.8 Å². The van der Waals surface area contributed by atoms with Crippen molar-refractivity contribution in [2.24, 2.45) is 7.05 Å². The normalized spacial score (nSPS) is 14.3. The number of thioether (sulfide) groups is 1. The van der Waals surface area contributed by atoms with Crippen LogP contribution in [0.2, 0.25) is 0 Å². The summed E-state index contributed by atoms with van der Waals surface area (Å²) < 4.78 is 41.4. The predicted octanol–water partition coefficient (Wildman–Crippen LogP) is 5.58. The highest BCUT2D eigenvalue weighted by molar-refractivity contribution is 8.13. The van der Waals surface area contributed by atoms with Crippen molar-refractivity contribution in [1.29, 1.82) is 0 Å². The van der Waals surface area contributed by atoms with Crippen LogP contribution >= 0.6 is 11.8 Å². The Balaban J connectivity index is 1.30. The number of carbonyl (C=O) groups excluding carboxylic acids is 2. The van der Waals surface area contributed by atoms with Gasteiger partial charge < -0.3 is 19.7 Å². The number of benzene rings is 3. The van der Waals surface area contributed by atoms with Crippen molar-refractivity contribution in [3.8, 4) is 11.4 Å². The molecule has 1 fully saturated rings. The van der Waals surface area contributed by atoms with E-state index < -0.39 is 11.7 Å². The Morgan fingerprint density at radius 3 is 2.61 bits per heavy atom. The minimum absolute atomic E-state index is 0.0686. The van der Waals surface area contributed by atoms with E-state index >= 15 is 0 Å². The second kappa shape index (κ2) is 10.4. The third kappa shape index (κ3) is 5.33. The Kier molecular flexibility index (Phi) is 7.02. The smallest absolute Gasteiger partial charge is 0.350 e. The standard InChI is InChI=1S/C27H24F3N5O2S/c1-33-23-11-10-21(15-22(23)32-24(33)19-8-5-9-20(14-19)27(28,29)30)35-16-34(26(37)38-17-35)13-12-31-25(36)18-6-3-2-4-7-18/h2-11,14-15H,12-13,16-17H2,1H3,(H,31,36). The highest BCUT2D eigenvalue weighted by Gasteiger charge is 2.31. The van der Waals surface area contributed by atoms with Gasteiger partial charge in [-0.1, -0.05) is 30.3 Å². The molecule has 7 nitrogen and oxygen atoms in total. The number of fused-ring (bicyclic) bond motifs is 1. The monoisotopic (exact) mass is 539 g/mol. The Morgan fingerprint density at radius 1 is 1.05 bits per heavy atom. The largest absolute Gasteiger partial charge is 0.416 e. The number of carbonyl (C=O) groups is 2. The van der Waals surface area contributed by atoms with Gasteiger partial charge in [0.2, 0.25) is 0 Å². The molecule has 0 bridgehead atoms. The molecule has 0 radical (unpaired) electrons. The van der Waals surface area contributed by atoms with Gasteiger partial charge >= 0.3 is 6.18 Å². The Bertz CT molecular complexity index is 1490. The molecule has 196 valence electrons. The van der Waals surface area contributed by atoms with Crippen molar-refractivity contribution in [2.45, 2.75) is 6.18 Å². The summed E-state index contributed by atoms with van der Waals surface area (Å²) in [7, 11) is 1.77. The third-order valence-corrected chi connectivity index (χ3v) is 7.27. The van der Waals surface area contributed by atoms with Crippen LogP contribution in [0, 0.1) is 0 Å². The molecular formula is C27H24F3N5O2S. The summed E-state index contributed by atoms with van der Waals surface area (Å²) in [4.78, 5) is 33.1. The molecule has 3 aromatic carbocycles. The first-order chi connectivity index (χ1) is 18.2. The molecule has 0 unspecified atom stereocenters. The van der Waals surface area contributed by atoms with Gasteiger partial charge in [-0.15, -0.1) is 0 Å². The number of aromatic nitrogens is 2. The maximum atomic E-state index is 13.2. The summed E-state index contributed by atoms with van der Waals surface area (Å²) in [6, 6.07) is 19.7. The second-order valence-corrected chi connectivity index (χ2v) is 9.75. The Labute approximate surface area is 221 Å². The van der Waals surface area contributed by atoms with E-state index in [4.69, 9.17) is 0 Å². The predicted molar refractivity (Wildman–Crippen MR) is 142 cm³/mol. The molecule has 0 atom stereocenters. The molecule has 1 N–H and O–H groups in total. The number of imidazole rings is 1. The molecule has 2 amide bonds. The maximum absolute atomic E-state index is 13.2. The maximum Gasteiger partial charge on any atom is 0.416 e. The zero-order chi connectivity index (χ0) is 26.9. The molecule has 0 spiro atoms. The summed E-state index contributed by atoms with van der Waals surface area (Å²) in [5.41, 5.74) is 2.47. The summed E-state index contributed by atoms with van der Waals surface area (Å²) in [6.45, 7) is 1.01. The number of alkyl halides is 3. The average molecular weight is 540 g/mol. The van der Waals surface area contributed by atoms with Crippen molar-refractivity contribution in [2.75, 3.05) is 30.5 Å². The SMILES string of the molecule is Cn1c(-c2cccc(C(F)(F)F)c2)nc2cc(N3CSC(=O)N(CCNC(=O)c4ccccc4)C3)ccc21. The molecule has 5 rings (SSSR count). The van der Waals surface area contributed by atoms with Crippen LogP contribution in [0.25, 0.3) is 22.4 Å². The highest BCUT2D eigenvalue weighted by Crippen LogP contribution is 2.34. The average Bonchev–Trinajstić information content (AvgIpc) is 3.25. The topological polar surface area (TPSA) is 70.5 Å². The molecule has 1 aliphatic heterocycles. The number of anilines is 1. The number of hydrogen-bond donors (Lipinski definition) is 1. The number of nitrogens with one attached hydrogen (secondary N) is 1. The van der Waals surface area contributed by atoms with Gasteiger partial charge in [0, 0.05) is 37.0 Å². The van der Waals surface area contributed by atoms with Gasteiger partial charge in [0.15, 0.2) is 0 Å². The van der Waals surface area contributed by atoms with Crippen LogP contribution < -0.4 is 10.2 Å². The van der Waals surface area contributed by atoms with Crippen LogP contribution in [0.4, 0.5) is 23.7 Å². The van der Waals surface area contributed by atoms with Gasteiger partial charge in [0.05, 0.1) is 29.1 Å². The summed E-state index contributed by atoms with van der Waals surface area (Å²) in [6.07, 6.45) is -4.44. The van der Waals surface area contributed by atoms with Crippen LogP contribution in [-0.4, -0.2) is 51.2 Å².